The number of carbonyl (C=O) groups excluding carboxylic acids is 1. The van der Waals surface area contributed by atoms with E-state index in [0.717, 1.165) is 36.0 Å². The summed E-state index contributed by atoms with van der Waals surface area (Å²) in [5.74, 6) is 1.65. The van der Waals surface area contributed by atoms with Gasteiger partial charge in [-0.3, -0.25) is 4.79 Å². The Morgan fingerprint density at radius 2 is 2.18 bits per heavy atom. The lowest BCUT2D eigenvalue weighted by Crippen LogP contribution is -2.12. The van der Waals surface area contributed by atoms with Crippen molar-refractivity contribution >= 4 is 16.8 Å². The van der Waals surface area contributed by atoms with Gasteiger partial charge in [0.1, 0.15) is 17.1 Å². The molecule has 1 aliphatic rings. The van der Waals surface area contributed by atoms with Crippen LogP contribution in [0.25, 0.3) is 11.0 Å². The van der Waals surface area contributed by atoms with Gasteiger partial charge >= 0.3 is 0 Å². The predicted molar refractivity (Wildman–Crippen MR) is 67.2 cm³/mol. The second kappa shape index (κ2) is 4.02. The molecule has 88 valence electrons. The molecule has 1 aromatic heterocycles. The van der Waals surface area contributed by atoms with E-state index in [2.05, 4.69) is 25.1 Å². The van der Waals surface area contributed by atoms with E-state index in [-0.39, 0.29) is 0 Å². The number of furan rings is 1. The highest BCUT2D eigenvalue weighted by Gasteiger charge is 2.23. The van der Waals surface area contributed by atoms with Crippen molar-refractivity contribution in [1.82, 2.24) is 0 Å². The zero-order chi connectivity index (χ0) is 11.8. The van der Waals surface area contributed by atoms with E-state index in [9.17, 15) is 4.79 Å². The standard InChI is InChI=1S/C15H16O2/c1-10-5-6-14-12(7-10)9-15(17-14)11-3-2-4-13(16)8-11/h5-7,9,11H,2-4,8H2,1H3. The third kappa shape index (κ3) is 1.99. The van der Waals surface area contributed by atoms with E-state index >= 15 is 0 Å². The number of benzene rings is 1. The van der Waals surface area contributed by atoms with Gasteiger partial charge in [0.05, 0.1) is 0 Å². The highest BCUT2D eigenvalue weighted by atomic mass is 16.3. The van der Waals surface area contributed by atoms with Gasteiger partial charge in [-0.1, -0.05) is 11.6 Å². The van der Waals surface area contributed by atoms with Crippen LogP contribution in [0.2, 0.25) is 0 Å². The Morgan fingerprint density at radius 1 is 1.29 bits per heavy atom. The zero-order valence-corrected chi connectivity index (χ0v) is 10.0. The quantitative estimate of drug-likeness (QED) is 0.739. The van der Waals surface area contributed by atoms with Crippen LogP contribution < -0.4 is 0 Å². The van der Waals surface area contributed by atoms with Gasteiger partial charge in [0, 0.05) is 24.1 Å². The molecule has 2 heteroatoms. The van der Waals surface area contributed by atoms with Gasteiger partial charge in [0.15, 0.2) is 0 Å². The number of Topliss-reactive ketones (excluding diaryl/α,β-unsaturated/α-hetero) is 1. The number of hydrogen-bond donors (Lipinski definition) is 0. The first-order valence-electron chi connectivity index (χ1n) is 6.24. The fourth-order valence-electron chi connectivity index (χ4n) is 2.65. The van der Waals surface area contributed by atoms with Crippen molar-refractivity contribution in [2.45, 2.75) is 38.5 Å². The molecule has 1 saturated carbocycles. The van der Waals surface area contributed by atoms with Crippen molar-refractivity contribution < 1.29 is 9.21 Å². The first-order chi connectivity index (χ1) is 8.22. The number of hydrogen-bond acceptors (Lipinski definition) is 2. The molecule has 1 atom stereocenters. The third-order valence-electron chi connectivity index (χ3n) is 3.58. The van der Waals surface area contributed by atoms with Crippen LogP contribution >= 0.6 is 0 Å². The Kier molecular flexibility index (Phi) is 2.50. The Morgan fingerprint density at radius 3 is 3.00 bits per heavy atom. The maximum Gasteiger partial charge on any atom is 0.134 e. The second-order valence-electron chi connectivity index (χ2n) is 5.02. The molecule has 0 saturated heterocycles. The van der Waals surface area contributed by atoms with Crippen molar-refractivity contribution in [3.05, 3.63) is 35.6 Å². The summed E-state index contributed by atoms with van der Waals surface area (Å²) in [7, 11) is 0. The van der Waals surface area contributed by atoms with Crippen molar-refractivity contribution in [3.63, 3.8) is 0 Å². The topological polar surface area (TPSA) is 30.2 Å². The normalized spacial score (nSPS) is 21.0. The third-order valence-corrected chi connectivity index (χ3v) is 3.58. The van der Waals surface area contributed by atoms with E-state index in [1.165, 1.54) is 5.56 Å². The SMILES string of the molecule is Cc1ccc2oc(C3CCCC(=O)C3)cc2c1. The summed E-state index contributed by atoms with van der Waals surface area (Å²) in [5, 5.41) is 1.15. The second-order valence-corrected chi connectivity index (χ2v) is 5.02. The first kappa shape index (κ1) is 10.6. The van der Waals surface area contributed by atoms with Crippen LogP contribution in [-0.2, 0) is 4.79 Å². The summed E-state index contributed by atoms with van der Waals surface area (Å²) < 4.78 is 5.86. The fraction of sp³-hybridized carbons (Fsp3) is 0.400. The Bertz CT molecular complexity index is 565. The molecule has 0 amide bonds. The molecule has 2 aromatic rings. The Labute approximate surface area is 101 Å². The average molecular weight is 228 g/mol. The molecule has 3 rings (SSSR count). The van der Waals surface area contributed by atoms with Crippen molar-refractivity contribution in [3.8, 4) is 0 Å². The van der Waals surface area contributed by atoms with E-state index in [1.54, 1.807) is 0 Å². The van der Waals surface area contributed by atoms with Gasteiger partial charge in [0.2, 0.25) is 0 Å². The van der Waals surface area contributed by atoms with Gasteiger partial charge in [0.25, 0.3) is 0 Å². The Hall–Kier alpha value is -1.57. The van der Waals surface area contributed by atoms with E-state index in [4.69, 9.17) is 4.42 Å². The molecular formula is C15H16O2. The minimum Gasteiger partial charge on any atom is -0.461 e. The molecule has 1 aromatic carbocycles. The lowest BCUT2D eigenvalue weighted by molar-refractivity contribution is -0.120. The first-order valence-corrected chi connectivity index (χ1v) is 6.24. The number of ketones is 1. The smallest absolute Gasteiger partial charge is 0.134 e. The van der Waals surface area contributed by atoms with Gasteiger partial charge in [-0.15, -0.1) is 0 Å². The van der Waals surface area contributed by atoms with Crippen LogP contribution in [0.15, 0.2) is 28.7 Å². The molecule has 1 heterocycles. The highest BCUT2D eigenvalue weighted by molar-refractivity contribution is 5.81. The summed E-state index contributed by atoms with van der Waals surface area (Å²) in [6.45, 7) is 2.08. The molecule has 1 aliphatic carbocycles. The van der Waals surface area contributed by atoms with Gasteiger partial charge in [-0.2, -0.15) is 0 Å². The lowest BCUT2D eigenvalue weighted by Gasteiger charge is -2.18. The molecule has 0 spiro atoms. The molecule has 0 N–H and O–H groups in total. The average Bonchev–Trinajstić information content (AvgIpc) is 2.72. The van der Waals surface area contributed by atoms with Crippen molar-refractivity contribution in [2.75, 3.05) is 0 Å². The molecule has 0 bridgehead atoms. The predicted octanol–water partition coefficient (Wildman–Crippen LogP) is 3.97. The molecule has 17 heavy (non-hydrogen) atoms. The van der Waals surface area contributed by atoms with Crippen LogP contribution in [0.5, 0.6) is 0 Å². The minimum atomic E-state index is 0.295. The van der Waals surface area contributed by atoms with Crippen molar-refractivity contribution in [2.24, 2.45) is 0 Å². The molecule has 0 radical (unpaired) electrons. The minimum absolute atomic E-state index is 0.295. The summed E-state index contributed by atoms with van der Waals surface area (Å²) in [6, 6.07) is 8.30. The van der Waals surface area contributed by atoms with Crippen molar-refractivity contribution in [1.29, 1.82) is 0 Å². The van der Waals surface area contributed by atoms with Gasteiger partial charge < -0.3 is 4.42 Å². The molecule has 2 nitrogen and oxygen atoms in total. The maximum atomic E-state index is 11.5. The Balaban J connectivity index is 1.97. The highest BCUT2D eigenvalue weighted by Crippen LogP contribution is 2.34. The molecule has 1 unspecified atom stereocenters. The maximum absolute atomic E-state index is 11.5. The number of rotatable bonds is 1. The summed E-state index contributed by atoms with van der Waals surface area (Å²) in [6.07, 6.45) is 3.47. The van der Waals surface area contributed by atoms with E-state index in [1.807, 2.05) is 6.07 Å². The number of carbonyl (C=O) groups is 1. The van der Waals surface area contributed by atoms with Crippen LogP contribution in [0.3, 0.4) is 0 Å². The van der Waals surface area contributed by atoms with Crippen LogP contribution in [0, 0.1) is 6.92 Å². The van der Waals surface area contributed by atoms with E-state index in [0.29, 0.717) is 18.1 Å². The van der Waals surface area contributed by atoms with Crippen LogP contribution in [0.1, 0.15) is 42.9 Å². The molecule has 1 fully saturated rings. The number of aryl methyl sites for hydroxylation is 1. The van der Waals surface area contributed by atoms with Gasteiger partial charge in [-0.05, 0) is 38.0 Å². The van der Waals surface area contributed by atoms with Gasteiger partial charge in [-0.25, -0.2) is 0 Å². The van der Waals surface area contributed by atoms with E-state index < -0.39 is 0 Å². The summed E-state index contributed by atoms with van der Waals surface area (Å²) in [4.78, 5) is 11.5. The lowest BCUT2D eigenvalue weighted by atomic mass is 9.86. The van der Waals surface area contributed by atoms with Crippen LogP contribution in [-0.4, -0.2) is 5.78 Å². The summed E-state index contributed by atoms with van der Waals surface area (Å²) >= 11 is 0. The van der Waals surface area contributed by atoms with Crippen LogP contribution in [0.4, 0.5) is 0 Å². The fourth-order valence-corrected chi connectivity index (χ4v) is 2.65. The zero-order valence-electron chi connectivity index (χ0n) is 10.0. The monoisotopic (exact) mass is 228 g/mol. The summed E-state index contributed by atoms with van der Waals surface area (Å²) in [5.41, 5.74) is 2.17. The molecule has 0 aliphatic heterocycles. The number of fused-ring (bicyclic) bond motifs is 1. The molecular weight excluding hydrogens is 212 g/mol. The largest absolute Gasteiger partial charge is 0.461 e.